The van der Waals surface area contributed by atoms with Crippen LogP contribution in [-0.4, -0.2) is 38.8 Å². The van der Waals surface area contributed by atoms with Gasteiger partial charge in [-0.3, -0.25) is 9.78 Å². The molecule has 7 heteroatoms. The fourth-order valence-electron chi connectivity index (χ4n) is 4.37. The van der Waals surface area contributed by atoms with E-state index in [0.717, 1.165) is 36.3 Å². The Hall–Kier alpha value is -1.89. The quantitative estimate of drug-likeness (QED) is 0.558. The lowest BCUT2D eigenvalue weighted by molar-refractivity contribution is 0.0812. The van der Waals surface area contributed by atoms with Gasteiger partial charge in [-0.1, -0.05) is 32.4 Å². The first-order valence-electron chi connectivity index (χ1n) is 10.8. The predicted octanol–water partition coefficient (Wildman–Crippen LogP) is 5.50. The van der Waals surface area contributed by atoms with Gasteiger partial charge >= 0.3 is 0 Å². The monoisotopic (exact) mass is 455 g/mol. The minimum absolute atomic E-state index is 0.00127. The van der Waals surface area contributed by atoms with E-state index in [-0.39, 0.29) is 22.6 Å². The minimum atomic E-state index is -0.269. The number of hydrogen-bond donors (Lipinski definition) is 0. The maximum Gasteiger partial charge on any atom is 0.258 e. The third-order valence-electron chi connectivity index (χ3n) is 5.90. The lowest BCUT2D eigenvalue weighted by Crippen LogP contribution is -2.49. The molecule has 1 saturated heterocycles. The van der Waals surface area contributed by atoms with Gasteiger partial charge in [0.05, 0.1) is 42.0 Å². The van der Waals surface area contributed by atoms with Gasteiger partial charge in [0.2, 0.25) is 9.76 Å². The molecule has 2 aliphatic heterocycles. The van der Waals surface area contributed by atoms with Crippen molar-refractivity contribution < 1.29 is 9.22 Å². The summed E-state index contributed by atoms with van der Waals surface area (Å²) in [7, 11) is 0.440. The number of carbonyl (C=O) groups is 1. The van der Waals surface area contributed by atoms with Crippen molar-refractivity contribution in [1.82, 2.24) is 4.98 Å². The van der Waals surface area contributed by atoms with E-state index in [1.54, 1.807) is 17.2 Å². The second kappa shape index (κ2) is 8.23. The van der Waals surface area contributed by atoms with E-state index in [4.69, 9.17) is 16.0 Å². The van der Waals surface area contributed by atoms with Gasteiger partial charge in [-0.05, 0) is 61.6 Å². The molecule has 1 fully saturated rings. The summed E-state index contributed by atoms with van der Waals surface area (Å²) in [6.07, 6.45) is 5.86. The third-order valence-corrected chi connectivity index (χ3v) is 7.38. The molecule has 1 amide bonds. The highest BCUT2D eigenvalue weighted by atomic mass is 35.5. The molecule has 2 aromatic rings. The Kier molecular flexibility index (Phi) is 5.92. The van der Waals surface area contributed by atoms with Crippen LogP contribution >= 0.6 is 11.6 Å². The normalized spacial score (nSPS) is 19.3. The van der Waals surface area contributed by atoms with E-state index < -0.39 is 0 Å². The molecule has 1 aromatic heterocycles. The van der Waals surface area contributed by atoms with Crippen molar-refractivity contribution >= 4 is 38.6 Å². The summed E-state index contributed by atoms with van der Waals surface area (Å²) in [5, 5.41) is 0.800. The Labute approximate surface area is 192 Å². The highest BCUT2D eigenvalue weighted by molar-refractivity contribution is 6.32. The Morgan fingerprint density at radius 2 is 1.87 bits per heavy atom. The first-order chi connectivity index (χ1) is 14.5. The summed E-state index contributed by atoms with van der Waals surface area (Å²) >= 11 is 6.13. The second-order valence-electron chi connectivity index (χ2n) is 10.0. The zero-order valence-corrected chi connectivity index (χ0v) is 20.7. The highest BCUT2D eigenvalue weighted by Gasteiger charge is 2.39. The molecule has 31 heavy (non-hydrogen) atoms. The van der Waals surface area contributed by atoms with Crippen LogP contribution in [0.1, 0.15) is 63.4 Å². The van der Waals surface area contributed by atoms with E-state index in [1.807, 2.05) is 18.3 Å². The summed E-state index contributed by atoms with van der Waals surface area (Å²) in [4.78, 5) is 21.6. The van der Waals surface area contributed by atoms with Crippen LogP contribution in [0.25, 0.3) is 0 Å². The van der Waals surface area contributed by atoms with E-state index in [0.29, 0.717) is 26.9 Å². The molecule has 0 spiro atoms. The van der Waals surface area contributed by atoms with Gasteiger partial charge in [0.25, 0.3) is 5.91 Å². The molecular weight excluding hydrogens is 426 g/mol. The van der Waals surface area contributed by atoms with Crippen LogP contribution in [0, 0.1) is 0 Å². The average molecular weight is 456 g/mol. The third kappa shape index (κ3) is 4.66. The van der Waals surface area contributed by atoms with Crippen LogP contribution < -0.4 is 9.80 Å². The molecule has 1 atom stereocenters. The van der Waals surface area contributed by atoms with Gasteiger partial charge in [0.1, 0.15) is 0 Å². The van der Waals surface area contributed by atoms with Crippen molar-refractivity contribution in [1.29, 1.82) is 0 Å². The Morgan fingerprint density at radius 1 is 1.13 bits per heavy atom. The summed E-state index contributed by atoms with van der Waals surface area (Å²) in [5.74, 6) is -0.00127. The molecule has 0 unspecified atom stereocenters. The van der Waals surface area contributed by atoms with Gasteiger partial charge in [0, 0.05) is 17.1 Å². The first-order valence-corrected chi connectivity index (χ1v) is 12.1. The Balaban J connectivity index is 1.56. The first kappa shape index (κ1) is 22.3. The van der Waals surface area contributed by atoms with Crippen molar-refractivity contribution in [2.75, 3.05) is 16.3 Å². The number of halogens is 1. The maximum atomic E-state index is 13.0. The number of aromatic nitrogens is 1. The molecular formula is C24H30ClN3O2Si. The minimum Gasteiger partial charge on any atom is -0.410 e. The van der Waals surface area contributed by atoms with Crippen molar-refractivity contribution in [3.8, 4) is 0 Å². The molecule has 2 radical (unpaired) electrons. The topological polar surface area (TPSA) is 45.7 Å². The average Bonchev–Trinajstić information content (AvgIpc) is 3.32. The van der Waals surface area contributed by atoms with Crippen molar-refractivity contribution in [3.05, 3.63) is 52.8 Å². The standard InChI is InChI=1S/C24H30ClN3O2Si/c1-23(2,3)31-30-24(4,5)21-7-6-10-27(21)18-12-19(14-26-13-18)28-15-16-11-17(25)8-9-20(16)22(28)29/h8-9,11-14,21H,6-7,10,15H2,1-5H3/t21-/m0/s1. The summed E-state index contributed by atoms with van der Waals surface area (Å²) in [6.45, 7) is 12.5. The number of amides is 1. The zero-order chi connectivity index (χ0) is 22.4. The smallest absolute Gasteiger partial charge is 0.258 e. The van der Waals surface area contributed by atoms with E-state index in [1.165, 1.54) is 0 Å². The molecule has 5 nitrogen and oxygen atoms in total. The SMILES string of the molecule is CC(C)(C)[Si]OC(C)(C)[C@@H]1CCCN1c1cncc(N2Cc3cc(Cl)ccc3C2=O)c1. The molecule has 4 rings (SSSR count). The fourth-order valence-corrected chi connectivity index (χ4v) is 5.27. The van der Waals surface area contributed by atoms with E-state index in [2.05, 4.69) is 50.6 Å². The van der Waals surface area contributed by atoms with Crippen LogP contribution in [0.5, 0.6) is 0 Å². The molecule has 0 N–H and O–H groups in total. The number of pyridine rings is 1. The van der Waals surface area contributed by atoms with Gasteiger partial charge in [0.15, 0.2) is 0 Å². The van der Waals surface area contributed by atoms with Crippen molar-refractivity contribution in [2.45, 2.75) is 70.7 Å². The lowest BCUT2D eigenvalue weighted by Gasteiger charge is -2.40. The molecule has 0 saturated carbocycles. The fraction of sp³-hybridized carbons (Fsp3) is 0.500. The number of benzene rings is 1. The maximum absolute atomic E-state index is 13.0. The van der Waals surface area contributed by atoms with Crippen LogP contribution in [0.4, 0.5) is 11.4 Å². The molecule has 0 bridgehead atoms. The Bertz CT molecular complexity index is 989. The zero-order valence-electron chi connectivity index (χ0n) is 18.9. The van der Waals surface area contributed by atoms with Crippen LogP contribution in [-0.2, 0) is 11.0 Å². The van der Waals surface area contributed by atoms with Crippen molar-refractivity contribution in [2.24, 2.45) is 0 Å². The van der Waals surface area contributed by atoms with Crippen LogP contribution in [0.2, 0.25) is 10.1 Å². The summed E-state index contributed by atoms with van der Waals surface area (Å²) in [6, 6.07) is 7.80. The molecule has 164 valence electrons. The number of rotatable bonds is 5. The molecule has 1 aromatic carbocycles. The number of hydrogen-bond acceptors (Lipinski definition) is 4. The van der Waals surface area contributed by atoms with Gasteiger partial charge in [-0.15, -0.1) is 0 Å². The number of fused-ring (bicyclic) bond motifs is 1. The lowest BCUT2D eigenvalue weighted by atomic mass is 9.96. The van der Waals surface area contributed by atoms with E-state index >= 15 is 0 Å². The van der Waals surface area contributed by atoms with Crippen LogP contribution in [0.15, 0.2) is 36.7 Å². The molecule has 2 aliphatic rings. The van der Waals surface area contributed by atoms with Gasteiger partial charge in [-0.25, -0.2) is 0 Å². The highest BCUT2D eigenvalue weighted by Crippen LogP contribution is 2.37. The predicted molar refractivity (Wildman–Crippen MR) is 127 cm³/mol. The second-order valence-corrected chi connectivity index (χ2v) is 12.3. The summed E-state index contributed by atoms with van der Waals surface area (Å²) in [5.41, 5.74) is 3.26. The number of nitrogens with zero attached hydrogens (tertiary/aromatic N) is 3. The number of carbonyl (C=O) groups excluding carboxylic acids is 1. The van der Waals surface area contributed by atoms with E-state index in [9.17, 15) is 4.79 Å². The van der Waals surface area contributed by atoms with Gasteiger partial charge < -0.3 is 14.2 Å². The largest absolute Gasteiger partial charge is 0.410 e. The van der Waals surface area contributed by atoms with Crippen molar-refractivity contribution in [3.63, 3.8) is 0 Å². The molecule has 3 heterocycles. The molecule has 0 aliphatic carbocycles. The number of anilines is 2. The van der Waals surface area contributed by atoms with Crippen LogP contribution in [0.3, 0.4) is 0 Å². The summed E-state index contributed by atoms with van der Waals surface area (Å²) < 4.78 is 6.42. The van der Waals surface area contributed by atoms with Gasteiger partial charge in [-0.2, -0.15) is 0 Å². The Morgan fingerprint density at radius 3 is 2.61 bits per heavy atom.